The molecule has 5 nitrogen and oxygen atoms in total. The summed E-state index contributed by atoms with van der Waals surface area (Å²) in [7, 11) is 2.47. The molecule has 1 aliphatic rings. The van der Waals surface area contributed by atoms with E-state index in [9.17, 15) is 4.21 Å². The van der Waals surface area contributed by atoms with Crippen LogP contribution in [0.1, 0.15) is 36.0 Å². The molecule has 1 aliphatic carbocycles. The van der Waals surface area contributed by atoms with Gasteiger partial charge in [-0.3, -0.25) is 4.21 Å². The summed E-state index contributed by atoms with van der Waals surface area (Å²) < 4.78 is 19.5. The predicted molar refractivity (Wildman–Crippen MR) is 86.5 cm³/mol. The second-order valence-corrected chi connectivity index (χ2v) is 7.37. The van der Waals surface area contributed by atoms with Crippen molar-refractivity contribution in [2.75, 3.05) is 7.11 Å². The Morgan fingerprint density at radius 2 is 2.14 bits per heavy atom. The fourth-order valence-corrected chi connectivity index (χ4v) is 3.85. The summed E-state index contributed by atoms with van der Waals surface area (Å²) in [5.41, 5.74) is 0.925. The largest absolute Gasteiger partial charge is 0.495 e. The lowest BCUT2D eigenvalue weighted by Gasteiger charge is -2.07. The minimum atomic E-state index is -1.05. The topological polar surface area (TPSA) is 57.0 Å². The highest BCUT2D eigenvalue weighted by atomic mass is 35.5. The quantitative estimate of drug-likeness (QED) is 0.812. The molecule has 1 aromatic heterocycles. The van der Waals surface area contributed by atoms with Gasteiger partial charge in [-0.25, -0.2) is 0 Å². The summed E-state index contributed by atoms with van der Waals surface area (Å²) in [5.74, 6) is 3.80. The van der Waals surface area contributed by atoms with Gasteiger partial charge in [0.05, 0.1) is 17.9 Å². The normalized spacial score (nSPS) is 15.8. The van der Waals surface area contributed by atoms with Crippen LogP contribution in [0.25, 0.3) is 0 Å². The van der Waals surface area contributed by atoms with E-state index >= 15 is 0 Å². The zero-order valence-electron chi connectivity index (χ0n) is 12.6. The van der Waals surface area contributed by atoms with Gasteiger partial charge < -0.3 is 9.30 Å². The van der Waals surface area contributed by atoms with Gasteiger partial charge in [0.25, 0.3) is 0 Å². The lowest BCUT2D eigenvalue weighted by molar-refractivity contribution is 0.415. The number of methoxy groups -OCH3 is 1. The molecular formula is C15H18ClN3O2S. The minimum absolute atomic E-state index is 0.403. The number of nitrogens with zero attached hydrogens (tertiary/aromatic N) is 3. The molecule has 0 N–H and O–H groups in total. The average molecular weight is 340 g/mol. The van der Waals surface area contributed by atoms with Crippen molar-refractivity contribution in [3.8, 4) is 5.75 Å². The van der Waals surface area contributed by atoms with Crippen LogP contribution in [0.2, 0.25) is 5.02 Å². The van der Waals surface area contributed by atoms with Crippen LogP contribution in [0.15, 0.2) is 18.2 Å². The zero-order chi connectivity index (χ0) is 15.7. The van der Waals surface area contributed by atoms with Gasteiger partial charge in [0.15, 0.2) is 0 Å². The number of hydrogen-bond donors (Lipinski definition) is 0. The molecule has 1 saturated carbocycles. The zero-order valence-corrected chi connectivity index (χ0v) is 14.2. The Labute approximate surface area is 137 Å². The summed E-state index contributed by atoms with van der Waals surface area (Å²) in [4.78, 5) is 0. The van der Waals surface area contributed by atoms with Crippen LogP contribution in [0.4, 0.5) is 0 Å². The Morgan fingerprint density at radius 1 is 1.36 bits per heavy atom. The van der Waals surface area contributed by atoms with Crippen molar-refractivity contribution in [1.29, 1.82) is 0 Å². The molecule has 0 unspecified atom stereocenters. The van der Waals surface area contributed by atoms with Gasteiger partial charge in [0.2, 0.25) is 0 Å². The second kappa shape index (κ2) is 6.38. The molecule has 0 spiro atoms. The van der Waals surface area contributed by atoms with Crippen LogP contribution in [0.3, 0.4) is 0 Å². The Kier molecular flexibility index (Phi) is 4.49. The monoisotopic (exact) mass is 339 g/mol. The number of rotatable bonds is 6. The van der Waals surface area contributed by atoms with Gasteiger partial charge in [0.1, 0.15) is 17.4 Å². The first-order valence-electron chi connectivity index (χ1n) is 7.14. The Balaban J connectivity index is 1.66. The third-order valence-electron chi connectivity index (χ3n) is 3.78. The van der Waals surface area contributed by atoms with Gasteiger partial charge in [-0.05, 0) is 30.5 Å². The van der Waals surface area contributed by atoms with E-state index < -0.39 is 10.8 Å². The van der Waals surface area contributed by atoms with Crippen molar-refractivity contribution in [1.82, 2.24) is 14.8 Å². The Hall–Kier alpha value is -1.40. The molecular weight excluding hydrogens is 322 g/mol. The predicted octanol–water partition coefficient (Wildman–Crippen LogP) is 2.80. The van der Waals surface area contributed by atoms with Crippen LogP contribution >= 0.6 is 11.6 Å². The van der Waals surface area contributed by atoms with Crippen molar-refractivity contribution in [2.24, 2.45) is 7.05 Å². The molecule has 0 bridgehead atoms. The Bertz CT molecular complexity index is 713. The average Bonchev–Trinajstić information content (AvgIpc) is 3.25. The third kappa shape index (κ3) is 3.33. The molecule has 0 radical (unpaired) electrons. The smallest absolute Gasteiger partial charge is 0.145 e. The minimum Gasteiger partial charge on any atom is -0.495 e. The van der Waals surface area contributed by atoms with Gasteiger partial charge in [-0.1, -0.05) is 17.7 Å². The molecule has 0 aliphatic heterocycles. The molecule has 7 heteroatoms. The summed E-state index contributed by atoms with van der Waals surface area (Å²) in [5, 5.41) is 8.93. The number of aromatic nitrogens is 3. The first-order chi connectivity index (χ1) is 10.6. The maximum absolute atomic E-state index is 12.4. The lowest BCUT2D eigenvalue weighted by Crippen LogP contribution is -2.06. The summed E-state index contributed by atoms with van der Waals surface area (Å²) in [6.45, 7) is 0. The molecule has 0 amide bonds. The van der Waals surface area contributed by atoms with Gasteiger partial charge in [-0.2, -0.15) is 0 Å². The standard InChI is InChI=1S/C15H18ClN3O2S/c1-19-14(17-18-15(19)11-4-5-11)9-22(20)8-10-3-6-13(21-2)12(16)7-10/h3,6-7,11H,4-5,8-9H2,1-2H3/t22-/m1/s1. The SMILES string of the molecule is COc1ccc(C[S@@](=O)Cc2nnc(C3CC3)n2C)cc1Cl. The molecule has 3 rings (SSSR count). The van der Waals surface area contributed by atoms with Crippen LogP contribution < -0.4 is 4.74 Å². The second-order valence-electron chi connectivity index (χ2n) is 5.51. The number of halogens is 1. The van der Waals surface area contributed by atoms with Crippen molar-refractivity contribution >= 4 is 22.4 Å². The molecule has 0 saturated heterocycles. The van der Waals surface area contributed by atoms with E-state index in [1.165, 1.54) is 12.8 Å². The summed E-state index contributed by atoms with van der Waals surface area (Å²) in [6.07, 6.45) is 2.36. The highest BCUT2D eigenvalue weighted by Gasteiger charge is 2.29. The van der Waals surface area contributed by atoms with Crippen LogP contribution in [0, 0.1) is 0 Å². The first-order valence-corrected chi connectivity index (χ1v) is 9.00. The highest BCUT2D eigenvalue weighted by Crippen LogP contribution is 2.38. The molecule has 1 aromatic carbocycles. The van der Waals surface area contributed by atoms with E-state index in [4.69, 9.17) is 16.3 Å². The highest BCUT2D eigenvalue weighted by molar-refractivity contribution is 7.83. The van der Waals surface area contributed by atoms with E-state index in [2.05, 4.69) is 10.2 Å². The van der Waals surface area contributed by atoms with Gasteiger partial charge in [-0.15, -0.1) is 10.2 Å². The van der Waals surface area contributed by atoms with E-state index in [1.54, 1.807) is 19.2 Å². The van der Waals surface area contributed by atoms with Crippen molar-refractivity contribution in [2.45, 2.75) is 30.3 Å². The van der Waals surface area contributed by atoms with Gasteiger partial charge in [0, 0.05) is 29.5 Å². The van der Waals surface area contributed by atoms with E-state index in [1.807, 2.05) is 17.7 Å². The van der Waals surface area contributed by atoms with Crippen LogP contribution in [0.5, 0.6) is 5.75 Å². The molecule has 1 fully saturated rings. The first kappa shape index (κ1) is 15.5. The third-order valence-corrected chi connectivity index (χ3v) is 5.31. The number of benzene rings is 1. The summed E-state index contributed by atoms with van der Waals surface area (Å²) >= 11 is 6.09. The van der Waals surface area contributed by atoms with Gasteiger partial charge >= 0.3 is 0 Å². The molecule has 118 valence electrons. The molecule has 22 heavy (non-hydrogen) atoms. The van der Waals surface area contributed by atoms with E-state index in [0.29, 0.717) is 28.2 Å². The maximum Gasteiger partial charge on any atom is 0.145 e. The molecule has 1 heterocycles. The van der Waals surface area contributed by atoms with Crippen molar-refractivity contribution in [3.05, 3.63) is 40.4 Å². The van der Waals surface area contributed by atoms with E-state index in [0.717, 1.165) is 17.2 Å². The molecule has 1 atom stereocenters. The van der Waals surface area contributed by atoms with E-state index in [-0.39, 0.29) is 0 Å². The maximum atomic E-state index is 12.4. The fraction of sp³-hybridized carbons (Fsp3) is 0.467. The number of hydrogen-bond acceptors (Lipinski definition) is 4. The summed E-state index contributed by atoms with van der Waals surface area (Å²) in [6, 6.07) is 5.47. The molecule has 2 aromatic rings. The van der Waals surface area contributed by atoms with Crippen molar-refractivity contribution in [3.63, 3.8) is 0 Å². The Morgan fingerprint density at radius 3 is 2.77 bits per heavy atom. The number of ether oxygens (including phenoxy) is 1. The lowest BCUT2D eigenvalue weighted by atomic mass is 10.2. The van der Waals surface area contributed by atoms with Crippen molar-refractivity contribution < 1.29 is 8.95 Å². The van der Waals surface area contributed by atoms with Crippen LogP contribution in [-0.4, -0.2) is 26.1 Å². The fourth-order valence-electron chi connectivity index (χ4n) is 2.38. The van der Waals surface area contributed by atoms with Crippen LogP contribution in [-0.2, 0) is 29.4 Å².